The van der Waals surface area contributed by atoms with Crippen LogP contribution in [0.15, 0.2) is 42.7 Å². The molecule has 21 heavy (non-hydrogen) atoms. The van der Waals surface area contributed by atoms with Gasteiger partial charge in [-0.3, -0.25) is 4.98 Å². The Kier molecular flexibility index (Phi) is 4.48. The highest BCUT2D eigenvalue weighted by Gasteiger charge is 2.29. The Balaban J connectivity index is 2.43. The predicted octanol–water partition coefficient (Wildman–Crippen LogP) is 3.13. The highest BCUT2D eigenvalue weighted by molar-refractivity contribution is 5.44. The molecule has 0 fully saturated rings. The zero-order chi connectivity index (χ0) is 15.5. The van der Waals surface area contributed by atoms with E-state index in [4.69, 9.17) is 9.47 Å². The van der Waals surface area contributed by atoms with Gasteiger partial charge in [-0.25, -0.2) is 0 Å². The van der Waals surface area contributed by atoms with Crippen molar-refractivity contribution >= 4 is 0 Å². The Morgan fingerprint density at radius 1 is 1.19 bits per heavy atom. The second kappa shape index (κ2) is 6.14. The fourth-order valence-corrected chi connectivity index (χ4v) is 2.22. The molecule has 1 aromatic heterocycles. The number of methoxy groups -OCH3 is 1. The minimum atomic E-state index is -1.21. The van der Waals surface area contributed by atoms with E-state index in [1.165, 1.54) is 0 Å². The topological polar surface area (TPSA) is 51.6 Å². The van der Waals surface area contributed by atoms with Crippen molar-refractivity contribution in [3.05, 3.63) is 53.9 Å². The maximum absolute atomic E-state index is 11.0. The number of ether oxygens (including phenoxy) is 2. The van der Waals surface area contributed by atoms with E-state index in [2.05, 4.69) is 4.98 Å². The molecule has 112 valence electrons. The summed E-state index contributed by atoms with van der Waals surface area (Å²) in [6, 6.07) is 9.21. The zero-order valence-electron chi connectivity index (χ0n) is 12.8. The highest BCUT2D eigenvalue weighted by atomic mass is 16.5. The van der Waals surface area contributed by atoms with Crippen LogP contribution in [0.1, 0.15) is 31.9 Å². The Labute approximate surface area is 125 Å². The van der Waals surface area contributed by atoms with Gasteiger partial charge < -0.3 is 14.6 Å². The van der Waals surface area contributed by atoms with Gasteiger partial charge in [-0.15, -0.1) is 0 Å². The van der Waals surface area contributed by atoms with Crippen molar-refractivity contribution in [2.24, 2.45) is 0 Å². The third-order valence-electron chi connectivity index (χ3n) is 3.28. The van der Waals surface area contributed by atoms with E-state index < -0.39 is 5.60 Å². The third kappa shape index (κ3) is 3.34. The number of hydrogen-bond acceptors (Lipinski definition) is 4. The second-order valence-corrected chi connectivity index (χ2v) is 5.35. The maximum atomic E-state index is 11.0. The molecule has 4 heteroatoms. The van der Waals surface area contributed by atoms with Crippen LogP contribution >= 0.6 is 0 Å². The second-order valence-electron chi connectivity index (χ2n) is 5.35. The molecule has 1 aromatic carbocycles. The van der Waals surface area contributed by atoms with E-state index in [1.807, 2.05) is 38.1 Å². The fraction of sp³-hybridized carbons (Fsp3) is 0.353. The first kappa shape index (κ1) is 15.3. The standard InChI is InChI=1S/C17H21NO3/c1-12(2)21-14-9-13(10-18-11-14)17(3,19)15-7-5-6-8-16(15)20-4/h5-12,19H,1-4H3. The van der Waals surface area contributed by atoms with Crippen molar-refractivity contribution in [3.63, 3.8) is 0 Å². The number of pyridine rings is 1. The molecule has 1 heterocycles. The van der Waals surface area contributed by atoms with E-state index in [0.717, 1.165) is 0 Å². The van der Waals surface area contributed by atoms with Crippen molar-refractivity contribution in [2.75, 3.05) is 7.11 Å². The molecule has 2 rings (SSSR count). The van der Waals surface area contributed by atoms with E-state index in [1.54, 1.807) is 32.5 Å². The van der Waals surface area contributed by atoms with Gasteiger partial charge in [0.15, 0.2) is 0 Å². The fourth-order valence-electron chi connectivity index (χ4n) is 2.22. The van der Waals surface area contributed by atoms with Gasteiger partial charge in [0.1, 0.15) is 17.1 Å². The van der Waals surface area contributed by atoms with Crippen molar-refractivity contribution in [3.8, 4) is 11.5 Å². The molecular weight excluding hydrogens is 266 g/mol. The Morgan fingerprint density at radius 2 is 1.90 bits per heavy atom. The van der Waals surface area contributed by atoms with E-state index >= 15 is 0 Å². The van der Waals surface area contributed by atoms with Crippen LogP contribution in [0.3, 0.4) is 0 Å². The molecule has 1 unspecified atom stereocenters. The van der Waals surface area contributed by atoms with Gasteiger partial charge >= 0.3 is 0 Å². The van der Waals surface area contributed by atoms with Crippen LogP contribution in [0.2, 0.25) is 0 Å². The molecule has 0 amide bonds. The lowest BCUT2D eigenvalue weighted by molar-refractivity contribution is 0.0979. The van der Waals surface area contributed by atoms with Crippen LogP contribution in [0.4, 0.5) is 0 Å². The molecule has 0 spiro atoms. The molecule has 0 aliphatic rings. The summed E-state index contributed by atoms with van der Waals surface area (Å²) in [6.07, 6.45) is 3.33. The molecular formula is C17H21NO3. The Morgan fingerprint density at radius 3 is 2.57 bits per heavy atom. The van der Waals surface area contributed by atoms with Gasteiger partial charge in [-0.2, -0.15) is 0 Å². The number of para-hydroxylation sites is 1. The number of aromatic nitrogens is 1. The molecule has 0 bridgehead atoms. The van der Waals surface area contributed by atoms with Crippen LogP contribution in [0, 0.1) is 0 Å². The van der Waals surface area contributed by atoms with Crippen LogP contribution in [-0.4, -0.2) is 23.3 Å². The SMILES string of the molecule is COc1ccccc1C(C)(O)c1cncc(OC(C)C)c1. The smallest absolute Gasteiger partial charge is 0.138 e. The average Bonchev–Trinajstić information content (AvgIpc) is 2.46. The van der Waals surface area contributed by atoms with Crippen LogP contribution in [0.5, 0.6) is 11.5 Å². The molecule has 0 radical (unpaired) electrons. The molecule has 0 aliphatic carbocycles. The maximum Gasteiger partial charge on any atom is 0.138 e. The summed E-state index contributed by atoms with van der Waals surface area (Å²) in [5.74, 6) is 1.27. The first-order valence-corrected chi connectivity index (χ1v) is 6.93. The quantitative estimate of drug-likeness (QED) is 0.918. The van der Waals surface area contributed by atoms with E-state index in [9.17, 15) is 5.11 Å². The first-order chi connectivity index (χ1) is 9.95. The van der Waals surface area contributed by atoms with Crippen molar-refractivity contribution in [1.82, 2.24) is 4.98 Å². The number of rotatable bonds is 5. The molecule has 0 saturated heterocycles. The summed E-state index contributed by atoms with van der Waals surface area (Å²) in [6.45, 7) is 5.62. The summed E-state index contributed by atoms with van der Waals surface area (Å²) in [5.41, 5.74) is 0.136. The van der Waals surface area contributed by atoms with Gasteiger partial charge in [0, 0.05) is 17.3 Å². The van der Waals surface area contributed by atoms with Crippen molar-refractivity contribution in [2.45, 2.75) is 32.5 Å². The van der Waals surface area contributed by atoms with Gasteiger partial charge in [-0.05, 0) is 32.9 Å². The van der Waals surface area contributed by atoms with Gasteiger partial charge in [-0.1, -0.05) is 18.2 Å². The molecule has 0 saturated carbocycles. The van der Waals surface area contributed by atoms with Gasteiger partial charge in [0.25, 0.3) is 0 Å². The zero-order valence-corrected chi connectivity index (χ0v) is 12.8. The summed E-state index contributed by atoms with van der Waals surface area (Å²) >= 11 is 0. The number of nitrogens with zero attached hydrogens (tertiary/aromatic N) is 1. The summed E-state index contributed by atoms with van der Waals surface area (Å²) in [7, 11) is 1.59. The predicted molar refractivity (Wildman–Crippen MR) is 81.7 cm³/mol. The normalized spacial score (nSPS) is 13.8. The third-order valence-corrected chi connectivity index (χ3v) is 3.28. The number of benzene rings is 1. The van der Waals surface area contributed by atoms with Crippen LogP contribution in [0.25, 0.3) is 0 Å². The minimum absolute atomic E-state index is 0.0539. The average molecular weight is 287 g/mol. The van der Waals surface area contributed by atoms with E-state index in [-0.39, 0.29) is 6.10 Å². The summed E-state index contributed by atoms with van der Waals surface area (Å²) in [4.78, 5) is 4.16. The lowest BCUT2D eigenvalue weighted by Gasteiger charge is -2.26. The molecule has 1 atom stereocenters. The van der Waals surface area contributed by atoms with Crippen LogP contribution in [-0.2, 0) is 5.60 Å². The lowest BCUT2D eigenvalue weighted by atomic mass is 9.88. The summed E-state index contributed by atoms with van der Waals surface area (Å²) in [5, 5.41) is 11.0. The van der Waals surface area contributed by atoms with E-state index in [0.29, 0.717) is 22.6 Å². The van der Waals surface area contributed by atoms with Gasteiger partial charge in [0.05, 0.1) is 19.4 Å². The minimum Gasteiger partial charge on any atom is -0.496 e. The monoisotopic (exact) mass is 287 g/mol. The summed E-state index contributed by atoms with van der Waals surface area (Å²) < 4.78 is 11.0. The molecule has 4 nitrogen and oxygen atoms in total. The van der Waals surface area contributed by atoms with Crippen LogP contribution < -0.4 is 9.47 Å². The first-order valence-electron chi connectivity index (χ1n) is 6.93. The lowest BCUT2D eigenvalue weighted by Crippen LogP contribution is -2.24. The molecule has 0 aliphatic heterocycles. The number of aliphatic hydroxyl groups is 1. The van der Waals surface area contributed by atoms with Crippen molar-refractivity contribution < 1.29 is 14.6 Å². The Hall–Kier alpha value is -2.07. The van der Waals surface area contributed by atoms with Gasteiger partial charge in [0.2, 0.25) is 0 Å². The Bertz CT molecular complexity index is 608. The highest BCUT2D eigenvalue weighted by Crippen LogP contribution is 2.35. The number of hydrogen-bond donors (Lipinski definition) is 1. The molecule has 2 aromatic rings. The molecule has 1 N–H and O–H groups in total. The van der Waals surface area contributed by atoms with Crippen molar-refractivity contribution in [1.29, 1.82) is 0 Å². The largest absolute Gasteiger partial charge is 0.496 e.